The van der Waals surface area contributed by atoms with Crippen molar-refractivity contribution in [3.63, 3.8) is 0 Å². The normalized spacial score (nSPS) is 15.9. The monoisotopic (exact) mass is 186 g/mol. The highest BCUT2D eigenvalue weighted by molar-refractivity contribution is 7.09. The zero-order valence-corrected chi connectivity index (χ0v) is 7.92. The van der Waals surface area contributed by atoms with Gasteiger partial charge in [-0.1, -0.05) is 6.92 Å². The Labute approximate surface area is 76.3 Å². The number of aliphatic hydroxyl groups is 1. The van der Waals surface area contributed by atoms with Crippen LogP contribution in [0.15, 0.2) is 11.7 Å². The lowest BCUT2D eigenvalue weighted by Gasteiger charge is -2.17. The summed E-state index contributed by atoms with van der Waals surface area (Å²) in [4.78, 5) is 4.82. The summed E-state index contributed by atoms with van der Waals surface area (Å²) in [7, 11) is 0. The third-order valence-electron chi connectivity index (χ3n) is 2.02. The fraction of sp³-hybridized carbons (Fsp3) is 0.625. The van der Waals surface area contributed by atoms with E-state index >= 15 is 0 Å². The molecule has 4 heteroatoms. The van der Waals surface area contributed by atoms with Crippen molar-refractivity contribution in [2.45, 2.75) is 19.4 Å². The van der Waals surface area contributed by atoms with Crippen molar-refractivity contribution in [1.29, 1.82) is 0 Å². The Balaban J connectivity index is 2.63. The van der Waals surface area contributed by atoms with Crippen LogP contribution < -0.4 is 5.73 Å². The smallest absolute Gasteiger partial charge is 0.0937 e. The molecule has 2 unspecified atom stereocenters. The SMILES string of the molecule is CCC(CN)C(O)c1cncs1. The van der Waals surface area contributed by atoms with Crippen LogP contribution in [0.5, 0.6) is 0 Å². The zero-order valence-electron chi connectivity index (χ0n) is 7.10. The Kier molecular flexibility index (Phi) is 3.65. The molecule has 0 aliphatic rings. The molecule has 0 amide bonds. The van der Waals surface area contributed by atoms with Crippen molar-refractivity contribution in [1.82, 2.24) is 4.98 Å². The Bertz CT molecular complexity index is 209. The molecule has 1 aromatic rings. The predicted molar refractivity (Wildman–Crippen MR) is 49.9 cm³/mol. The quantitative estimate of drug-likeness (QED) is 0.742. The van der Waals surface area contributed by atoms with E-state index in [1.54, 1.807) is 11.7 Å². The highest BCUT2D eigenvalue weighted by Gasteiger charge is 2.18. The van der Waals surface area contributed by atoms with Crippen molar-refractivity contribution >= 4 is 11.3 Å². The van der Waals surface area contributed by atoms with Gasteiger partial charge in [-0.3, -0.25) is 4.98 Å². The average Bonchev–Trinajstić information content (AvgIpc) is 2.58. The van der Waals surface area contributed by atoms with Crippen molar-refractivity contribution in [2.24, 2.45) is 11.7 Å². The van der Waals surface area contributed by atoms with Gasteiger partial charge in [0.1, 0.15) is 0 Å². The van der Waals surface area contributed by atoms with Crippen LogP contribution in [-0.4, -0.2) is 16.6 Å². The van der Waals surface area contributed by atoms with E-state index in [4.69, 9.17) is 5.73 Å². The number of hydrogen-bond donors (Lipinski definition) is 2. The summed E-state index contributed by atoms with van der Waals surface area (Å²) in [6.45, 7) is 2.55. The molecule has 0 saturated heterocycles. The van der Waals surface area contributed by atoms with Crippen LogP contribution in [0, 0.1) is 5.92 Å². The number of aromatic nitrogens is 1. The van der Waals surface area contributed by atoms with Gasteiger partial charge >= 0.3 is 0 Å². The van der Waals surface area contributed by atoms with Crippen LogP contribution in [0.25, 0.3) is 0 Å². The van der Waals surface area contributed by atoms with Crippen LogP contribution in [0.3, 0.4) is 0 Å². The largest absolute Gasteiger partial charge is 0.387 e. The molecular formula is C8H14N2OS. The van der Waals surface area contributed by atoms with E-state index in [2.05, 4.69) is 4.98 Å². The fourth-order valence-corrected chi connectivity index (χ4v) is 1.82. The van der Waals surface area contributed by atoms with E-state index < -0.39 is 6.10 Å². The number of nitrogens with zero attached hydrogens (tertiary/aromatic N) is 1. The van der Waals surface area contributed by atoms with Crippen molar-refractivity contribution in [2.75, 3.05) is 6.54 Å². The number of aliphatic hydroxyl groups excluding tert-OH is 1. The Hall–Kier alpha value is -0.450. The van der Waals surface area contributed by atoms with E-state index in [1.165, 1.54) is 11.3 Å². The number of nitrogens with two attached hydrogens (primary N) is 1. The van der Waals surface area contributed by atoms with E-state index in [0.717, 1.165) is 11.3 Å². The molecule has 0 spiro atoms. The van der Waals surface area contributed by atoms with E-state index in [-0.39, 0.29) is 5.92 Å². The first-order valence-corrected chi connectivity index (χ1v) is 4.94. The molecule has 0 bridgehead atoms. The molecule has 0 aliphatic carbocycles. The molecule has 68 valence electrons. The van der Waals surface area contributed by atoms with Gasteiger partial charge in [-0.25, -0.2) is 0 Å². The van der Waals surface area contributed by atoms with Crippen molar-refractivity contribution < 1.29 is 5.11 Å². The van der Waals surface area contributed by atoms with Gasteiger partial charge in [-0.2, -0.15) is 0 Å². The second-order valence-corrected chi connectivity index (χ2v) is 3.67. The van der Waals surface area contributed by atoms with Gasteiger partial charge < -0.3 is 10.8 Å². The summed E-state index contributed by atoms with van der Waals surface area (Å²) < 4.78 is 0. The van der Waals surface area contributed by atoms with E-state index in [0.29, 0.717) is 6.54 Å². The average molecular weight is 186 g/mol. The van der Waals surface area contributed by atoms with Crippen LogP contribution in [0.2, 0.25) is 0 Å². The number of hydrogen-bond acceptors (Lipinski definition) is 4. The van der Waals surface area contributed by atoms with Gasteiger partial charge in [0.15, 0.2) is 0 Å². The Morgan fingerprint density at radius 2 is 2.50 bits per heavy atom. The van der Waals surface area contributed by atoms with Crippen LogP contribution in [-0.2, 0) is 0 Å². The maximum Gasteiger partial charge on any atom is 0.0937 e. The molecule has 0 saturated carbocycles. The highest BCUT2D eigenvalue weighted by atomic mass is 32.1. The molecule has 3 nitrogen and oxygen atoms in total. The topological polar surface area (TPSA) is 59.1 Å². The molecule has 12 heavy (non-hydrogen) atoms. The molecule has 3 N–H and O–H groups in total. The standard InChI is InChI=1S/C8H14N2OS/c1-2-6(3-9)8(11)7-4-10-5-12-7/h4-6,8,11H,2-3,9H2,1H3. The van der Waals surface area contributed by atoms with Crippen molar-refractivity contribution in [3.8, 4) is 0 Å². The summed E-state index contributed by atoms with van der Waals surface area (Å²) in [6, 6.07) is 0. The third kappa shape index (κ3) is 2.03. The van der Waals surface area contributed by atoms with Crippen molar-refractivity contribution in [3.05, 3.63) is 16.6 Å². The molecule has 1 heterocycles. The second kappa shape index (κ2) is 4.54. The first-order chi connectivity index (χ1) is 5.79. The Morgan fingerprint density at radius 3 is 2.92 bits per heavy atom. The summed E-state index contributed by atoms with van der Waals surface area (Å²) in [5.74, 6) is 0.158. The maximum absolute atomic E-state index is 9.76. The fourth-order valence-electron chi connectivity index (χ4n) is 1.12. The van der Waals surface area contributed by atoms with Crippen LogP contribution in [0.1, 0.15) is 24.3 Å². The Morgan fingerprint density at radius 1 is 1.75 bits per heavy atom. The molecule has 0 radical (unpaired) electrons. The van der Waals surface area contributed by atoms with Gasteiger partial charge in [0, 0.05) is 12.1 Å². The van der Waals surface area contributed by atoms with Crippen LogP contribution >= 0.6 is 11.3 Å². The lowest BCUT2D eigenvalue weighted by Crippen LogP contribution is -2.20. The minimum atomic E-state index is -0.438. The lowest BCUT2D eigenvalue weighted by atomic mass is 9.99. The summed E-state index contributed by atoms with van der Waals surface area (Å²) in [6.07, 6.45) is 2.16. The molecule has 0 fully saturated rings. The van der Waals surface area contributed by atoms with Crippen LogP contribution in [0.4, 0.5) is 0 Å². The second-order valence-electron chi connectivity index (χ2n) is 2.75. The van der Waals surface area contributed by atoms with Gasteiger partial charge in [-0.05, 0) is 13.0 Å². The summed E-state index contributed by atoms with van der Waals surface area (Å²) in [5.41, 5.74) is 7.24. The minimum Gasteiger partial charge on any atom is -0.387 e. The lowest BCUT2D eigenvalue weighted by molar-refractivity contribution is 0.113. The molecular weight excluding hydrogens is 172 g/mol. The van der Waals surface area contributed by atoms with E-state index in [1.807, 2.05) is 6.92 Å². The molecule has 1 aromatic heterocycles. The van der Waals surface area contributed by atoms with Gasteiger partial charge in [0.05, 0.1) is 16.5 Å². The van der Waals surface area contributed by atoms with Gasteiger partial charge in [0.2, 0.25) is 0 Å². The first kappa shape index (κ1) is 9.64. The number of thiazole rings is 1. The maximum atomic E-state index is 9.76. The molecule has 1 rings (SSSR count). The molecule has 2 atom stereocenters. The molecule has 0 aliphatic heterocycles. The predicted octanol–water partition coefficient (Wildman–Crippen LogP) is 1.16. The third-order valence-corrected chi connectivity index (χ3v) is 2.86. The minimum absolute atomic E-state index is 0.158. The summed E-state index contributed by atoms with van der Waals surface area (Å²) in [5, 5.41) is 9.76. The van der Waals surface area contributed by atoms with Gasteiger partial charge in [-0.15, -0.1) is 11.3 Å². The highest BCUT2D eigenvalue weighted by Crippen LogP contribution is 2.25. The summed E-state index contributed by atoms with van der Waals surface area (Å²) >= 11 is 1.47. The first-order valence-electron chi connectivity index (χ1n) is 4.06. The van der Waals surface area contributed by atoms with E-state index in [9.17, 15) is 5.11 Å². The number of rotatable bonds is 4. The van der Waals surface area contributed by atoms with Gasteiger partial charge in [0.25, 0.3) is 0 Å². The zero-order chi connectivity index (χ0) is 8.97. The molecule has 0 aromatic carbocycles.